The smallest absolute Gasteiger partial charge is 0.160 e. The molecular formula is C48H31N3O. The molecule has 0 atom stereocenters. The summed E-state index contributed by atoms with van der Waals surface area (Å²) in [6.07, 6.45) is 0. The molecule has 1 N–H and O–H groups in total. The van der Waals surface area contributed by atoms with Gasteiger partial charge in [0.05, 0.1) is 17.1 Å². The fourth-order valence-electron chi connectivity index (χ4n) is 7.27. The molecule has 0 saturated carbocycles. The van der Waals surface area contributed by atoms with Crippen molar-refractivity contribution in [3.8, 4) is 67.4 Å². The second-order valence-electron chi connectivity index (χ2n) is 13.1. The predicted molar refractivity (Wildman–Crippen MR) is 214 cm³/mol. The summed E-state index contributed by atoms with van der Waals surface area (Å²) in [5, 5.41) is 3.46. The van der Waals surface area contributed by atoms with Gasteiger partial charge in [-0.3, -0.25) is 0 Å². The van der Waals surface area contributed by atoms with Crippen molar-refractivity contribution in [3.05, 3.63) is 182 Å². The first-order valence-corrected chi connectivity index (χ1v) is 17.5. The number of hydrogen-bond donors (Lipinski definition) is 1. The number of aromatic nitrogens is 3. The Hall–Kier alpha value is -7.04. The number of H-pyrrole nitrogens is 1. The van der Waals surface area contributed by atoms with Crippen LogP contribution in [-0.2, 0) is 0 Å². The highest BCUT2D eigenvalue weighted by Crippen LogP contribution is 2.39. The fraction of sp³-hybridized carbons (Fsp3) is 0. The summed E-state index contributed by atoms with van der Waals surface area (Å²) in [5.41, 5.74) is 14.6. The SMILES string of the molecule is c1ccc(-c2cc(-c3ccc(-c4ccc5oc6ccccc6c5c4)cc3)nc(-c3ccc(-c4[nH]c5ccccc5c4-c4ccccc4)cc3)n2)cc1. The molecule has 0 aliphatic carbocycles. The minimum Gasteiger partial charge on any atom is -0.456 e. The van der Waals surface area contributed by atoms with Gasteiger partial charge < -0.3 is 9.40 Å². The molecule has 3 heterocycles. The molecule has 4 heteroatoms. The standard InChI is InChI=1S/C48H31N3O/c1-3-11-32(12-4-1)42-30-43(33-21-19-31(20-22-33)37-27-28-45-40(29-37)38-15-8-10-18-44(38)52-45)51-48(50-42)36-25-23-35(24-26-36)47-46(34-13-5-2-6-14-34)39-16-7-9-17-41(39)49-47/h1-30,49H. The third-order valence-corrected chi connectivity index (χ3v) is 9.89. The number of nitrogens with zero attached hydrogens (tertiary/aromatic N) is 2. The molecule has 0 aliphatic heterocycles. The van der Waals surface area contributed by atoms with E-state index in [0.717, 1.165) is 77.9 Å². The first-order chi connectivity index (χ1) is 25.7. The molecule has 4 nitrogen and oxygen atoms in total. The molecule has 52 heavy (non-hydrogen) atoms. The van der Waals surface area contributed by atoms with E-state index < -0.39 is 0 Å². The van der Waals surface area contributed by atoms with Gasteiger partial charge in [-0.1, -0.05) is 152 Å². The molecule has 0 aliphatic rings. The maximum Gasteiger partial charge on any atom is 0.160 e. The summed E-state index contributed by atoms with van der Waals surface area (Å²) in [6, 6.07) is 63.3. The zero-order valence-corrected chi connectivity index (χ0v) is 28.1. The van der Waals surface area contributed by atoms with Crippen molar-refractivity contribution in [2.24, 2.45) is 0 Å². The lowest BCUT2D eigenvalue weighted by molar-refractivity contribution is 0.669. The molecule has 3 aromatic heterocycles. The lowest BCUT2D eigenvalue weighted by Gasteiger charge is -2.11. The number of rotatable bonds is 6. The van der Waals surface area contributed by atoms with E-state index in [1.807, 2.05) is 30.3 Å². The van der Waals surface area contributed by atoms with Crippen LogP contribution in [0.2, 0.25) is 0 Å². The maximum absolute atomic E-state index is 6.06. The van der Waals surface area contributed by atoms with Gasteiger partial charge in [-0.25, -0.2) is 9.97 Å². The fourth-order valence-corrected chi connectivity index (χ4v) is 7.27. The molecule has 7 aromatic carbocycles. The summed E-state index contributed by atoms with van der Waals surface area (Å²) in [6.45, 7) is 0. The number of para-hydroxylation sites is 2. The van der Waals surface area contributed by atoms with Gasteiger partial charge in [-0.2, -0.15) is 0 Å². The minimum absolute atomic E-state index is 0.684. The van der Waals surface area contributed by atoms with Gasteiger partial charge in [-0.05, 0) is 52.6 Å². The third kappa shape index (κ3) is 5.26. The van der Waals surface area contributed by atoms with Crippen molar-refractivity contribution in [3.63, 3.8) is 0 Å². The van der Waals surface area contributed by atoms with Crippen LogP contribution in [0.1, 0.15) is 0 Å². The second kappa shape index (κ2) is 12.4. The van der Waals surface area contributed by atoms with Crippen LogP contribution in [0.25, 0.3) is 100 Å². The quantitative estimate of drug-likeness (QED) is 0.192. The normalized spacial score (nSPS) is 11.5. The number of furan rings is 1. The van der Waals surface area contributed by atoms with Crippen molar-refractivity contribution in [2.75, 3.05) is 0 Å². The van der Waals surface area contributed by atoms with Crippen LogP contribution < -0.4 is 0 Å². The van der Waals surface area contributed by atoms with Gasteiger partial charge in [0.1, 0.15) is 11.2 Å². The Morgan fingerprint density at radius 3 is 1.65 bits per heavy atom. The molecule has 0 spiro atoms. The Balaban J connectivity index is 1.03. The molecule has 10 aromatic rings. The molecule has 244 valence electrons. The lowest BCUT2D eigenvalue weighted by atomic mass is 9.98. The van der Waals surface area contributed by atoms with E-state index >= 15 is 0 Å². The monoisotopic (exact) mass is 665 g/mol. The highest BCUT2D eigenvalue weighted by Gasteiger charge is 2.16. The van der Waals surface area contributed by atoms with Crippen LogP contribution in [0, 0.1) is 0 Å². The van der Waals surface area contributed by atoms with Crippen LogP contribution in [0.4, 0.5) is 0 Å². The summed E-state index contributed by atoms with van der Waals surface area (Å²) < 4.78 is 6.06. The van der Waals surface area contributed by atoms with Crippen molar-refractivity contribution >= 4 is 32.8 Å². The molecule has 0 saturated heterocycles. The van der Waals surface area contributed by atoms with E-state index in [0.29, 0.717) is 5.82 Å². The van der Waals surface area contributed by atoms with Gasteiger partial charge >= 0.3 is 0 Å². The third-order valence-electron chi connectivity index (χ3n) is 9.89. The van der Waals surface area contributed by atoms with Gasteiger partial charge in [0.15, 0.2) is 5.82 Å². The van der Waals surface area contributed by atoms with E-state index in [-0.39, 0.29) is 0 Å². The second-order valence-corrected chi connectivity index (χ2v) is 13.1. The Kier molecular flexibility index (Phi) is 7.10. The molecule has 0 fully saturated rings. The Morgan fingerprint density at radius 2 is 0.904 bits per heavy atom. The molecule has 0 bridgehead atoms. The lowest BCUT2D eigenvalue weighted by Crippen LogP contribution is -1.96. The molecular weight excluding hydrogens is 635 g/mol. The molecule has 0 amide bonds. The predicted octanol–water partition coefficient (Wildman–Crippen LogP) is 12.9. The number of fused-ring (bicyclic) bond motifs is 4. The zero-order valence-electron chi connectivity index (χ0n) is 28.1. The molecule has 10 rings (SSSR count). The van der Waals surface area contributed by atoms with Crippen LogP contribution in [-0.4, -0.2) is 15.0 Å². The van der Waals surface area contributed by atoms with Gasteiger partial charge in [0.2, 0.25) is 0 Å². The van der Waals surface area contributed by atoms with E-state index in [9.17, 15) is 0 Å². The number of benzene rings is 7. The summed E-state index contributed by atoms with van der Waals surface area (Å²) in [7, 11) is 0. The Labute approximate surface area is 300 Å². The molecule has 0 radical (unpaired) electrons. The summed E-state index contributed by atoms with van der Waals surface area (Å²) >= 11 is 0. The minimum atomic E-state index is 0.684. The van der Waals surface area contributed by atoms with Crippen LogP contribution in [0.15, 0.2) is 186 Å². The molecule has 0 unspecified atom stereocenters. The van der Waals surface area contributed by atoms with Gasteiger partial charge in [0.25, 0.3) is 0 Å². The number of hydrogen-bond acceptors (Lipinski definition) is 3. The van der Waals surface area contributed by atoms with Crippen LogP contribution >= 0.6 is 0 Å². The largest absolute Gasteiger partial charge is 0.456 e. The highest BCUT2D eigenvalue weighted by molar-refractivity contribution is 6.06. The van der Waals surface area contributed by atoms with Crippen LogP contribution in [0.5, 0.6) is 0 Å². The van der Waals surface area contributed by atoms with E-state index in [2.05, 4.69) is 157 Å². The number of aromatic amines is 1. The number of nitrogens with one attached hydrogen (secondary N) is 1. The first kappa shape index (κ1) is 29.8. The van der Waals surface area contributed by atoms with E-state index in [1.54, 1.807) is 0 Å². The maximum atomic E-state index is 6.06. The van der Waals surface area contributed by atoms with Crippen LogP contribution in [0.3, 0.4) is 0 Å². The Morgan fingerprint density at radius 1 is 0.365 bits per heavy atom. The highest BCUT2D eigenvalue weighted by atomic mass is 16.3. The van der Waals surface area contributed by atoms with Crippen molar-refractivity contribution in [1.29, 1.82) is 0 Å². The van der Waals surface area contributed by atoms with Crippen molar-refractivity contribution < 1.29 is 4.42 Å². The van der Waals surface area contributed by atoms with Gasteiger partial charge in [0, 0.05) is 43.9 Å². The summed E-state index contributed by atoms with van der Waals surface area (Å²) in [5.74, 6) is 0.684. The zero-order chi connectivity index (χ0) is 34.4. The van der Waals surface area contributed by atoms with Crippen molar-refractivity contribution in [1.82, 2.24) is 15.0 Å². The first-order valence-electron chi connectivity index (χ1n) is 17.5. The van der Waals surface area contributed by atoms with Gasteiger partial charge in [-0.15, -0.1) is 0 Å². The average molecular weight is 666 g/mol. The topological polar surface area (TPSA) is 54.7 Å². The van der Waals surface area contributed by atoms with E-state index in [4.69, 9.17) is 14.4 Å². The van der Waals surface area contributed by atoms with Crippen molar-refractivity contribution in [2.45, 2.75) is 0 Å². The Bertz CT molecular complexity index is 2870. The average Bonchev–Trinajstić information content (AvgIpc) is 3.80. The summed E-state index contributed by atoms with van der Waals surface area (Å²) in [4.78, 5) is 13.9. The van der Waals surface area contributed by atoms with E-state index in [1.165, 1.54) is 16.5 Å².